The molecule has 2 aromatic heterocycles. The number of aryl methyl sites for hydroxylation is 2. The number of nitrogens with one attached hydrogen (secondary N) is 1. The van der Waals surface area contributed by atoms with Crippen molar-refractivity contribution in [3.05, 3.63) is 59.2 Å². The number of anilines is 1. The first-order valence-electron chi connectivity index (χ1n) is 8.09. The minimum atomic E-state index is -4.71. The Bertz CT molecular complexity index is 1000. The minimum absolute atomic E-state index is 0.0612. The molecule has 10 heteroatoms. The van der Waals surface area contributed by atoms with Crippen LogP contribution in [0.25, 0.3) is 11.4 Å². The number of benzene rings is 1. The average Bonchev–Trinajstić information content (AvgIpc) is 3.13. The van der Waals surface area contributed by atoms with Crippen LogP contribution < -0.4 is 5.32 Å². The number of pyridine rings is 1. The van der Waals surface area contributed by atoms with Crippen LogP contribution in [-0.2, 0) is 17.5 Å². The van der Waals surface area contributed by atoms with E-state index in [4.69, 9.17) is 4.74 Å². The third kappa shape index (κ3) is 4.45. The molecule has 0 aliphatic rings. The smallest absolute Gasteiger partial charge is 0.444 e. The van der Waals surface area contributed by atoms with Gasteiger partial charge in [-0.3, -0.25) is 10.3 Å². The summed E-state index contributed by atoms with van der Waals surface area (Å²) in [6.07, 6.45) is -2.12. The molecule has 0 aliphatic carbocycles. The van der Waals surface area contributed by atoms with Crippen molar-refractivity contribution in [3.8, 4) is 11.4 Å². The minimum Gasteiger partial charge on any atom is -0.444 e. The van der Waals surface area contributed by atoms with Crippen molar-refractivity contribution >= 4 is 11.8 Å². The molecule has 7 nitrogen and oxygen atoms in total. The van der Waals surface area contributed by atoms with Gasteiger partial charge in [0.15, 0.2) is 0 Å². The first kappa shape index (κ1) is 19.3. The highest BCUT2D eigenvalue weighted by molar-refractivity contribution is 5.86. The van der Waals surface area contributed by atoms with Gasteiger partial charge in [-0.05, 0) is 49.2 Å². The highest BCUT2D eigenvalue weighted by Crippen LogP contribution is 2.30. The van der Waals surface area contributed by atoms with Crippen molar-refractivity contribution in [3.63, 3.8) is 0 Å². The summed E-state index contributed by atoms with van der Waals surface area (Å²) in [4.78, 5) is 19.3. The average molecular weight is 392 g/mol. The van der Waals surface area contributed by atoms with Crippen LogP contribution in [0.2, 0.25) is 0 Å². The molecule has 28 heavy (non-hydrogen) atoms. The second-order valence-electron chi connectivity index (χ2n) is 5.95. The molecule has 0 unspecified atom stereocenters. The maximum atomic E-state index is 12.6. The van der Waals surface area contributed by atoms with E-state index < -0.39 is 18.2 Å². The molecular formula is C18H15F3N4O3. The number of hydrogen-bond acceptors (Lipinski definition) is 6. The van der Waals surface area contributed by atoms with E-state index in [1.54, 1.807) is 19.3 Å². The molecule has 0 radical (unpaired) electrons. The third-order valence-electron chi connectivity index (χ3n) is 3.90. The van der Waals surface area contributed by atoms with E-state index in [-0.39, 0.29) is 12.4 Å². The number of hydrogen-bond donors (Lipinski definition) is 1. The summed E-state index contributed by atoms with van der Waals surface area (Å²) < 4.78 is 47.1. The highest BCUT2D eigenvalue weighted by Gasteiger charge is 2.38. The fourth-order valence-corrected chi connectivity index (χ4v) is 2.34. The molecule has 1 aromatic carbocycles. The van der Waals surface area contributed by atoms with Crippen molar-refractivity contribution in [2.24, 2.45) is 0 Å². The zero-order valence-corrected chi connectivity index (χ0v) is 14.9. The summed E-state index contributed by atoms with van der Waals surface area (Å²) in [6, 6.07) is 6.33. The number of nitrogens with zero attached hydrogens (tertiary/aromatic N) is 3. The van der Waals surface area contributed by atoms with Crippen LogP contribution in [0.4, 0.5) is 23.7 Å². The van der Waals surface area contributed by atoms with Gasteiger partial charge < -0.3 is 9.26 Å². The number of amides is 1. The molecule has 1 N–H and O–H groups in total. The Labute approximate surface area is 157 Å². The fraction of sp³-hybridized carbons (Fsp3) is 0.222. The first-order valence-corrected chi connectivity index (χ1v) is 8.09. The first-order chi connectivity index (χ1) is 13.2. The second-order valence-corrected chi connectivity index (χ2v) is 5.95. The molecule has 3 aromatic rings. The summed E-state index contributed by atoms with van der Waals surface area (Å²) >= 11 is 0. The molecule has 0 saturated carbocycles. The van der Waals surface area contributed by atoms with Crippen molar-refractivity contribution in [1.82, 2.24) is 15.1 Å². The standard InChI is InChI=1S/C18H15F3N4O3/c1-10-5-6-22-8-13(10)9-27-17(26)23-14-4-3-12(7-11(14)2)15-24-16(28-25-15)18(19,20)21/h3-8H,9H2,1-2H3,(H,23,26). The van der Waals surface area contributed by atoms with Crippen molar-refractivity contribution in [2.45, 2.75) is 26.6 Å². The molecule has 1 amide bonds. The van der Waals surface area contributed by atoms with Crippen LogP contribution in [0, 0.1) is 13.8 Å². The molecule has 0 saturated heterocycles. The Morgan fingerprint density at radius 2 is 2.00 bits per heavy atom. The monoisotopic (exact) mass is 392 g/mol. The molecule has 0 atom stereocenters. The summed E-state index contributed by atoms with van der Waals surface area (Å²) in [5.41, 5.74) is 3.08. The molecule has 0 spiro atoms. The SMILES string of the molecule is Cc1ccncc1COC(=O)Nc1ccc(-c2noc(C(F)(F)F)n2)cc1C. The number of halogens is 3. The largest absolute Gasteiger partial charge is 0.471 e. The van der Waals surface area contributed by atoms with Crippen LogP contribution in [0.5, 0.6) is 0 Å². The fourth-order valence-electron chi connectivity index (χ4n) is 2.34. The number of alkyl halides is 3. The molecule has 0 aliphatic heterocycles. The van der Waals surface area contributed by atoms with Gasteiger partial charge in [0.05, 0.1) is 0 Å². The Hall–Kier alpha value is -3.43. The highest BCUT2D eigenvalue weighted by atomic mass is 19.4. The third-order valence-corrected chi connectivity index (χ3v) is 3.90. The van der Waals surface area contributed by atoms with Gasteiger partial charge in [0.2, 0.25) is 5.82 Å². The molecule has 2 heterocycles. The van der Waals surface area contributed by atoms with Gasteiger partial charge in [-0.1, -0.05) is 5.16 Å². The molecule has 146 valence electrons. The maximum absolute atomic E-state index is 12.6. The molecule has 3 rings (SSSR count). The van der Waals surface area contributed by atoms with E-state index >= 15 is 0 Å². The zero-order chi connectivity index (χ0) is 20.3. The van der Waals surface area contributed by atoms with E-state index in [0.717, 1.165) is 11.1 Å². The quantitative estimate of drug-likeness (QED) is 0.702. The Morgan fingerprint density at radius 3 is 2.64 bits per heavy atom. The number of carbonyl (C=O) groups excluding carboxylic acids is 1. The number of rotatable bonds is 4. The lowest BCUT2D eigenvalue weighted by molar-refractivity contribution is -0.159. The van der Waals surface area contributed by atoms with Gasteiger partial charge >= 0.3 is 18.2 Å². The Balaban J connectivity index is 1.66. The van der Waals surface area contributed by atoms with Gasteiger partial charge in [0.1, 0.15) is 6.61 Å². The second kappa shape index (κ2) is 7.67. The van der Waals surface area contributed by atoms with Crippen molar-refractivity contribution in [1.29, 1.82) is 0 Å². The molecular weight excluding hydrogens is 377 g/mol. The van der Waals surface area contributed by atoms with Crippen LogP contribution in [0.1, 0.15) is 22.6 Å². The Morgan fingerprint density at radius 1 is 1.21 bits per heavy atom. The lowest BCUT2D eigenvalue weighted by atomic mass is 10.1. The lowest BCUT2D eigenvalue weighted by Crippen LogP contribution is -2.14. The van der Waals surface area contributed by atoms with Gasteiger partial charge in [0, 0.05) is 29.2 Å². The predicted octanol–water partition coefficient (Wildman–Crippen LogP) is 4.52. The van der Waals surface area contributed by atoms with Crippen LogP contribution in [0.3, 0.4) is 0 Å². The van der Waals surface area contributed by atoms with Crippen LogP contribution in [-0.4, -0.2) is 21.2 Å². The zero-order valence-electron chi connectivity index (χ0n) is 14.9. The normalized spacial score (nSPS) is 11.3. The van der Waals surface area contributed by atoms with Crippen molar-refractivity contribution < 1.29 is 27.2 Å². The van der Waals surface area contributed by atoms with E-state index in [1.165, 1.54) is 18.2 Å². The van der Waals surface area contributed by atoms with E-state index in [0.29, 0.717) is 16.8 Å². The van der Waals surface area contributed by atoms with Gasteiger partial charge in [0.25, 0.3) is 0 Å². The topological polar surface area (TPSA) is 90.1 Å². The van der Waals surface area contributed by atoms with Gasteiger partial charge in [-0.2, -0.15) is 18.2 Å². The van der Waals surface area contributed by atoms with Gasteiger partial charge in [-0.15, -0.1) is 0 Å². The maximum Gasteiger partial charge on any atom is 0.471 e. The number of carbonyl (C=O) groups is 1. The predicted molar refractivity (Wildman–Crippen MR) is 92.3 cm³/mol. The van der Waals surface area contributed by atoms with E-state index in [1.807, 2.05) is 13.0 Å². The number of aromatic nitrogens is 3. The summed E-state index contributed by atoms with van der Waals surface area (Å²) in [6.45, 7) is 3.62. The van der Waals surface area contributed by atoms with Gasteiger partial charge in [-0.25, -0.2) is 4.79 Å². The van der Waals surface area contributed by atoms with Crippen molar-refractivity contribution in [2.75, 3.05) is 5.32 Å². The Kier molecular flexibility index (Phi) is 5.30. The molecule has 0 bridgehead atoms. The summed E-state index contributed by atoms with van der Waals surface area (Å²) in [5, 5.41) is 5.91. The van der Waals surface area contributed by atoms with Crippen LogP contribution in [0.15, 0.2) is 41.2 Å². The lowest BCUT2D eigenvalue weighted by Gasteiger charge is -2.11. The summed E-state index contributed by atoms with van der Waals surface area (Å²) in [5.74, 6) is -1.62. The van der Waals surface area contributed by atoms with E-state index in [2.05, 4.69) is 25.0 Å². The summed E-state index contributed by atoms with van der Waals surface area (Å²) in [7, 11) is 0. The number of ether oxygens (including phenoxy) is 1. The van der Waals surface area contributed by atoms with E-state index in [9.17, 15) is 18.0 Å². The van der Waals surface area contributed by atoms with Crippen LogP contribution >= 0.6 is 0 Å². The molecule has 0 fully saturated rings.